The van der Waals surface area contributed by atoms with Crippen LogP contribution in [0.4, 0.5) is 5.82 Å². The van der Waals surface area contributed by atoms with Gasteiger partial charge in [0.15, 0.2) is 0 Å². The Morgan fingerprint density at radius 3 is 2.88 bits per heavy atom. The van der Waals surface area contributed by atoms with Crippen LogP contribution >= 0.6 is 0 Å². The Morgan fingerprint density at radius 1 is 1.41 bits per heavy atom. The Kier molecular flexibility index (Phi) is 3.94. The molecule has 1 aliphatic carbocycles. The molecule has 2 unspecified atom stereocenters. The summed E-state index contributed by atoms with van der Waals surface area (Å²) in [6.07, 6.45) is 3.89. The lowest BCUT2D eigenvalue weighted by atomic mass is 10.1. The fraction of sp³-hybridized carbons (Fsp3) is 0.692. The van der Waals surface area contributed by atoms with Crippen molar-refractivity contribution in [1.29, 1.82) is 0 Å². The second-order valence-corrected chi connectivity index (χ2v) is 4.80. The van der Waals surface area contributed by atoms with Crippen molar-refractivity contribution in [2.75, 3.05) is 11.9 Å². The van der Waals surface area contributed by atoms with Crippen LogP contribution in [0.25, 0.3) is 0 Å². The molecule has 4 heteroatoms. The quantitative estimate of drug-likeness (QED) is 0.837. The molecule has 1 heterocycles. The summed E-state index contributed by atoms with van der Waals surface area (Å²) in [6.45, 7) is 4.84. The largest absolute Gasteiger partial charge is 0.393 e. The highest BCUT2D eigenvalue weighted by Gasteiger charge is 2.24. The predicted octanol–water partition coefficient (Wildman–Crippen LogP) is 1.92. The maximum absolute atomic E-state index is 9.75. The van der Waals surface area contributed by atoms with Crippen LogP contribution in [-0.4, -0.2) is 27.7 Å². The fourth-order valence-corrected chi connectivity index (χ4v) is 2.37. The average molecular weight is 235 g/mol. The average Bonchev–Trinajstić information content (AvgIpc) is 2.71. The van der Waals surface area contributed by atoms with E-state index in [4.69, 9.17) is 0 Å². The minimum atomic E-state index is -0.143. The SMILES string of the molecule is CCc1nc(C)cc(NCC2CCCC2O)n1. The van der Waals surface area contributed by atoms with Crippen LogP contribution in [0.15, 0.2) is 6.07 Å². The number of hydrogen-bond acceptors (Lipinski definition) is 4. The summed E-state index contributed by atoms with van der Waals surface area (Å²) in [5.41, 5.74) is 0.992. The fourth-order valence-electron chi connectivity index (χ4n) is 2.37. The van der Waals surface area contributed by atoms with Crippen molar-refractivity contribution in [3.8, 4) is 0 Å². The highest BCUT2D eigenvalue weighted by molar-refractivity contribution is 5.35. The van der Waals surface area contributed by atoms with Gasteiger partial charge in [-0.05, 0) is 19.8 Å². The third kappa shape index (κ3) is 3.16. The van der Waals surface area contributed by atoms with Crippen molar-refractivity contribution >= 4 is 5.82 Å². The van der Waals surface area contributed by atoms with Crippen LogP contribution in [0.5, 0.6) is 0 Å². The first kappa shape index (κ1) is 12.3. The Balaban J connectivity index is 1.96. The molecule has 0 radical (unpaired) electrons. The number of anilines is 1. The van der Waals surface area contributed by atoms with Crippen molar-refractivity contribution in [3.05, 3.63) is 17.6 Å². The predicted molar refractivity (Wildman–Crippen MR) is 68.0 cm³/mol. The summed E-state index contributed by atoms with van der Waals surface area (Å²) < 4.78 is 0. The van der Waals surface area contributed by atoms with Crippen LogP contribution in [0.1, 0.15) is 37.7 Å². The van der Waals surface area contributed by atoms with E-state index in [2.05, 4.69) is 22.2 Å². The van der Waals surface area contributed by atoms with Gasteiger partial charge in [0, 0.05) is 30.6 Å². The molecule has 0 aliphatic heterocycles. The van der Waals surface area contributed by atoms with Crippen molar-refractivity contribution in [3.63, 3.8) is 0 Å². The van der Waals surface area contributed by atoms with Gasteiger partial charge < -0.3 is 10.4 Å². The van der Waals surface area contributed by atoms with Crippen LogP contribution in [-0.2, 0) is 6.42 Å². The van der Waals surface area contributed by atoms with Crippen molar-refractivity contribution in [1.82, 2.24) is 9.97 Å². The summed E-state index contributed by atoms with van der Waals surface area (Å²) in [5.74, 6) is 2.13. The number of nitrogens with one attached hydrogen (secondary N) is 1. The first-order chi connectivity index (χ1) is 8.19. The first-order valence-electron chi connectivity index (χ1n) is 6.45. The number of hydrogen-bond donors (Lipinski definition) is 2. The normalized spacial score (nSPS) is 23.9. The molecule has 1 aliphatic rings. The summed E-state index contributed by atoms with van der Waals surface area (Å²) in [4.78, 5) is 8.78. The number of aliphatic hydroxyl groups is 1. The first-order valence-corrected chi connectivity index (χ1v) is 6.45. The van der Waals surface area contributed by atoms with Crippen LogP contribution in [0, 0.1) is 12.8 Å². The van der Waals surface area contributed by atoms with Gasteiger partial charge in [0.2, 0.25) is 0 Å². The lowest BCUT2D eigenvalue weighted by Crippen LogP contribution is -2.22. The Morgan fingerprint density at radius 2 is 2.24 bits per heavy atom. The van der Waals surface area contributed by atoms with E-state index in [-0.39, 0.29) is 6.10 Å². The molecule has 2 rings (SSSR count). The van der Waals surface area contributed by atoms with E-state index in [9.17, 15) is 5.11 Å². The second kappa shape index (κ2) is 5.45. The number of rotatable bonds is 4. The number of aryl methyl sites for hydroxylation is 2. The lowest BCUT2D eigenvalue weighted by molar-refractivity contribution is 0.138. The molecule has 0 bridgehead atoms. The van der Waals surface area contributed by atoms with E-state index in [0.29, 0.717) is 5.92 Å². The minimum Gasteiger partial charge on any atom is -0.393 e. The van der Waals surface area contributed by atoms with Crippen molar-refractivity contribution < 1.29 is 5.11 Å². The van der Waals surface area contributed by atoms with Crippen molar-refractivity contribution in [2.24, 2.45) is 5.92 Å². The molecule has 17 heavy (non-hydrogen) atoms. The molecule has 2 N–H and O–H groups in total. The molecule has 4 nitrogen and oxygen atoms in total. The third-order valence-corrected chi connectivity index (χ3v) is 3.38. The molecular formula is C13H21N3O. The van der Waals surface area contributed by atoms with Crippen LogP contribution in [0.2, 0.25) is 0 Å². The minimum absolute atomic E-state index is 0.143. The number of aromatic nitrogens is 2. The topological polar surface area (TPSA) is 58.0 Å². The molecule has 1 aromatic rings. The van der Waals surface area contributed by atoms with Gasteiger partial charge in [-0.15, -0.1) is 0 Å². The molecule has 0 saturated heterocycles. The standard InChI is InChI=1S/C13H21N3O/c1-3-12-15-9(2)7-13(16-12)14-8-10-5-4-6-11(10)17/h7,10-11,17H,3-6,8H2,1-2H3,(H,14,15,16). The highest BCUT2D eigenvalue weighted by atomic mass is 16.3. The van der Waals surface area contributed by atoms with Crippen LogP contribution < -0.4 is 5.32 Å². The molecule has 0 amide bonds. The third-order valence-electron chi connectivity index (χ3n) is 3.38. The van der Waals surface area contributed by atoms with Gasteiger partial charge in [-0.2, -0.15) is 0 Å². The molecule has 1 saturated carbocycles. The molecule has 1 fully saturated rings. The Bertz CT molecular complexity index is 381. The summed E-state index contributed by atoms with van der Waals surface area (Å²) >= 11 is 0. The van der Waals surface area contributed by atoms with E-state index in [1.165, 1.54) is 0 Å². The molecule has 1 aromatic heterocycles. The van der Waals surface area contributed by atoms with E-state index >= 15 is 0 Å². The maximum atomic E-state index is 9.75. The van der Waals surface area contributed by atoms with Gasteiger partial charge in [-0.1, -0.05) is 13.3 Å². The number of nitrogens with zero attached hydrogens (tertiary/aromatic N) is 2. The second-order valence-electron chi connectivity index (χ2n) is 4.80. The smallest absolute Gasteiger partial charge is 0.130 e. The monoisotopic (exact) mass is 235 g/mol. The Hall–Kier alpha value is -1.16. The van der Waals surface area contributed by atoms with Gasteiger partial charge in [0.1, 0.15) is 11.6 Å². The van der Waals surface area contributed by atoms with E-state index < -0.39 is 0 Å². The molecule has 94 valence electrons. The highest BCUT2D eigenvalue weighted by Crippen LogP contribution is 2.25. The van der Waals surface area contributed by atoms with E-state index in [1.54, 1.807) is 0 Å². The zero-order valence-electron chi connectivity index (χ0n) is 10.6. The molecule has 0 aromatic carbocycles. The summed E-state index contributed by atoms with van der Waals surface area (Å²) in [7, 11) is 0. The molecular weight excluding hydrogens is 214 g/mol. The number of aliphatic hydroxyl groups excluding tert-OH is 1. The molecule has 0 spiro atoms. The molecule has 2 atom stereocenters. The maximum Gasteiger partial charge on any atom is 0.130 e. The lowest BCUT2D eigenvalue weighted by Gasteiger charge is -2.15. The van der Waals surface area contributed by atoms with E-state index in [1.807, 2.05) is 13.0 Å². The summed E-state index contributed by atoms with van der Waals surface area (Å²) in [5, 5.41) is 13.1. The zero-order valence-corrected chi connectivity index (χ0v) is 10.6. The Labute approximate surface area is 102 Å². The van der Waals surface area contributed by atoms with Crippen LogP contribution in [0.3, 0.4) is 0 Å². The summed E-state index contributed by atoms with van der Waals surface area (Å²) in [6, 6.07) is 1.96. The van der Waals surface area contributed by atoms with E-state index in [0.717, 1.165) is 49.6 Å². The van der Waals surface area contributed by atoms with Gasteiger partial charge in [-0.25, -0.2) is 9.97 Å². The van der Waals surface area contributed by atoms with Gasteiger partial charge >= 0.3 is 0 Å². The van der Waals surface area contributed by atoms with Gasteiger partial charge in [0.05, 0.1) is 6.10 Å². The van der Waals surface area contributed by atoms with Gasteiger partial charge in [-0.3, -0.25) is 0 Å². The van der Waals surface area contributed by atoms with Crippen molar-refractivity contribution in [2.45, 2.75) is 45.6 Å². The zero-order chi connectivity index (χ0) is 12.3. The van der Waals surface area contributed by atoms with Gasteiger partial charge in [0.25, 0.3) is 0 Å².